The summed E-state index contributed by atoms with van der Waals surface area (Å²) in [5.41, 5.74) is 0.942. The van der Waals surface area contributed by atoms with E-state index < -0.39 is 23.5 Å². The van der Waals surface area contributed by atoms with E-state index in [1.165, 1.54) is 11.3 Å². The summed E-state index contributed by atoms with van der Waals surface area (Å²) in [6, 6.07) is 0.917. The maximum absolute atomic E-state index is 14.0. The maximum atomic E-state index is 14.0. The van der Waals surface area contributed by atoms with Crippen molar-refractivity contribution in [3.8, 4) is 0 Å². The number of hydrogen-bond donors (Lipinski definition) is 1. The normalized spacial score (nSPS) is 12.7. The smallest absolute Gasteiger partial charge is 0.161 e. The fourth-order valence-corrected chi connectivity index (χ4v) is 3.02. The molecular formula is C15H17F3N2S. The zero-order valence-electron chi connectivity index (χ0n) is 12.1. The molecule has 1 unspecified atom stereocenters. The number of aromatic nitrogens is 1. The molecule has 0 aliphatic rings. The Morgan fingerprint density at radius 1 is 1.14 bits per heavy atom. The van der Waals surface area contributed by atoms with Gasteiger partial charge in [0, 0.05) is 16.5 Å². The van der Waals surface area contributed by atoms with Crippen LogP contribution in [0.3, 0.4) is 0 Å². The van der Waals surface area contributed by atoms with Gasteiger partial charge in [0.15, 0.2) is 11.6 Å². The molecule has 1 aromatic carbocycles. The van der Waals surface area contributed by atoms with Crippen molar-refractivity contribution in [3.05, 3.63) is 50.7 Å². The number of halogens is 3. The highest BCUT2D eigenvalue weighted by Crippen LogP contribution is 2.30. The summed E-state index contributed by atoms with van der Waals surface area (Å²) in [5, 5.41) is 3.80. The van der Waals surface area contributed by atoms with Crippen LogP contribution in [-0.2, 0) is 0 Å². The quantitative estimate of drug-likeness (QED) is 0.834. The molecular weight excluding hydrogens is 297 g/mol. The van der Waals surface area contributed by atoms with E-state index in [0.717, 1.165) is 23.1 Å². The Balaban J connectivity index is 2.47. The number of aryl methyl sites for hydroxylation is 2. The molecule has 0 fully saturated rings. The van der Waals surface area contributed by atoms with Gasteiger partial charge in [-0.05, 0) is 32.9 Å². The first-order valence-electron chi connectivity index (χ1n) is 6.75. The summed E-state index contributed by atoms with van der Waals surface area (Å²) in [6.07, 6.45) is 0.838. The second-order valence-electron chi connectivity index (χ2n) is 4.87. The van der Waals surface area contributed by atoms with Crippen LogP contribution in [0.5, 0.6) is 0 Å². The molecule has 21 heavy (non-hydrogen) atoms. The van der Waals surface area contributed by atoms with E-state index in [1.54, 1.807) is 0 Å². The number of thiazole rings is 1. The van der Waals surface area contributed by atoms with Gasteiger partial charge in [-0.25, -0.2) is 18.2 Å². The molecule has 2 rings (SSSR count). The summed E-state index contributed by atoms with van der Waals surface area (Å²) in [5.74, 6) is -3.01. The highest BCUT2D eigenvalue weighted by atomic mass is 32.1. The molecule has 1 heterocycles. The number of rotatable bonds is 5. The summed E-state index contributed by atoms with van der Waals surface area (Å²) in [7, 11) is 0. The molecule has 2 nitrogen and oxygen atoms in total. The molecule has 0 amide bonds. The van der Waals surface area contributed by atoms with E-state index in [4.69, 9.17) is 0 Å². The first-order valence-corrected chi connectivity index (χ1v) is 7.57. The third kappa shape index (κ3) is 3.44. The van der Waals surface area contributed by atoms with E-state index in [-0.39, 0.29) is 5.56 Å². The lowest BCUT2D eigenvalue weighted by Crippen LogP contribution is -2.24. The van der Waals surface area contributed by atoms with Gasteiger partial charge >= 0.3 is 0 Å². The van der Waals surface area contributed by atoms with Crippen molar-refractivity contribution in [1.29, 1.82) is 0 Å². The second-order valence-corrected chi connectivity index (χ2v) is 6.10. The molecule has 0 spiro atoms. The Hall–Kier alpha value is -1.40. The van der Waals surface area contributed by atoms with Gasteiger partial charge in [0.25, 0.3) is 0 Å². The Bertz CT molecular complexity index is 621. The second kappa shape index (κ2) is 6.58. The SMILES string of the molecule is CCCNC(c1nc(C)c(C)s1)c1cc(F)c(F)cc1F. The number of benzene rings is 1. The van der Waals surface area contributed by atoms with E-state index in [9.17, 15) is 13.2 Å². The monoisotopic (exact) mass is 314 g/mol. The van der Waals surface area contributed by atoms with Crippen LogP contribution in [0.15, 0.2) is 12.1 Å². The molecule has 1 N–H and O–H groups in total. The predicted molar refractivity (Wildman–Crippen MR) is 78.0 cm³/mol. The molecule has 1 aromatic heterocycles. The van der Waals surface area contributed by atoms with Crippen LogP contribution in [0.2, 0.25) is 0 Å². The minimum atomic E-state index is -1.18. The van der Waals surface area contributed by atoms with Crippen molar-refractivity contribution in [1.82, 2.24) is 10.3 Å². The van der Waals surface area contributed by atoms with Crippen LogP contribution in [0.1, 0.15) is 40.5 Å². The zero-order chi connectivity index (χ0) is 15.6. The van der Waals surface area contributed by atoms with Crippen molar-refractivity contribution in [2.24, 2.45) is 0 Å². The van der Waals surface area contributed by atoms with Crippen LogP contribution < -0.4 is 5.32 Å². The summed E-state index contributed by atoms with van der Waals surface area (Å²) < 4.78 is 40.6. The Labute approximate surface area is 126 Å². The molecule has 0 bridgehead atoms. The van der Waals surface area contributed by atoms with Gasteiger partial charge in [-0.1, -0.05) is 6.92 Å². The highest BCUT2D eigenvalue weighted by Gasteiger charge is 2.23. The molecule has 0 saturated carbocycles. The molecule has 2 aromatic rings. The number of nitrogens with one attached hydrogen (secondary N) is 1. The third-order valence-corrected chi connectivity index (χ3v) is 4.38. The largest absolute Gasteiger partial charge is 0.304 e. The molecule has 1 atom stereocenters. The van der Waals surface area contributed by atoms with E-state index in [2.05, 4.69) is 10.3 Å². The van der Waals surface area contributed by atoms with Gasteiger partial charge in [-0.2, -0.15) is 0 Å². The molecule has 0 saturated heterocycles. The van der Waals surface area contributed by atoms with Gasteiger partial charge < -0.3 is 5.32 Å². The van der Waals surface area contributed by atoms with Crippen LogP contribution in [0.4, 0.5) is 13.2 Å². The minimum absolute atomic E-state index is 0.0797. The van der Waals surface area contributed by atoms with Gasteiger partial charge in [0.1, 0.15) is 10.8 Å². The standard InChI is InChI=1S/C15H17F3N2S/c1-4-5-19-14(15-20-8(2)9(3)21-15)10-6-12(17)13(18)7-11(10)16/h6-7,14,19H,4-5H2,1-3H3. The lowest BCUT2D eigenvalue weighted by atomic mass is 10.1. The van der Waals surface area contributed by atoms with Crippen LogP contribution >= 0.6 is 11.3 Å². The minimum Gasteiger partial charge on any atom is -0.304 e. The van der Waals surface area contributed by atoms with Crippen molar-refractivity contribution in [2.75, 3.05) is 6.54 Å². The van der Waals surface area contributed by atoms with Crippen molar-refractivity contribution >= 4 is 11.3 Å². The Morgan fingerprint density at radius 3 is 2.38 bits per heavy atom. The number of hydrogen-bond acceptors (Lipinski definition) is 3. The average molecular weight is 314 g/mol. The lowest BCUT2D eigenvalue weighted by Gasteiger charge is -2.17. The van der Waals surface area contributed by atoms with Gasteiger partial charge in [-0.3, -0.25) is 0 Å². The summed E-state index contributed by atoms with van der Waals surface area (Å²) in [6.45, 7) is 6.40. The highest BCUT2D eigenvalue weighted by molar-refractivity contribution is 7.11. The van der Waals surface area contributed by atoms with Crippen molar-refractivity contribution in [3.63, 3.8) is 0 Å². The molecule has 0 aliphatic carbocycles. The first kappa shape index (κ1) is 16.0. The van der Waals surface area contributed by atoms with Crippen molar-refractivity contribution in [2.45, 2.75) is 33.2 Å². The zero-order valence-corrected chi connectivity index (χ0v) is 13.0. The molecule has 0 radical (unpaired) electrons. The average Bonchev–Trinajstić information content (AvgIpc) is 2.75. The van der Waals surface area contributed by atoms with Gasteiger partial charge in [0.2, 0.25) is 0 Å². The summed E-state index contributed by atoms with van der Waals surface area (Å²) >= 11 is 1.43. The Kier molecular flexibility index (Phi) is 5.00. The first-order chi connectivity index (χ1) is 9.93. The van der Waals surface area contributed by atoms with Crippen LogP contribution in [-0.4, -0.2) is 11.5 Å². The molecule has 114 valence electrons. The van der Waals surface area contributed by atoms with Crippen LogP contribution in [0.25, 0.3) is 0 Å². The molecule has 0 aliphatic heterocycles. The maximum Gasteiger partial charge on any atom is 0.161 e. The van der Waals surface area contributed by atoms with E-state index in [0.29, 0.717) is 17.6 Å². The number of nitrogens with zero attached hydrogens (tertiary/aromatic N) is 1. The summed E-state index contributed by atoms with van der Waals surface area (Å²) in [4.78, 5) is 5.43. The fourth-order valence-electron chi connectivity index (χ4n) is 2.00. The van der Waals surface area contributed by atoms with Crippen molar-refractivity contribution < 1.29 is 13.2 Å². The Morgan fingerprint density at radius 2 is 1.81 bits per heavy atom. The van der Waals surface area contributed by atoms with Gasteiger partial charge in [0.05, 0.1) is 11.7 Å². The van der Waals surface area contributed by atoms with E-state index in [1.807, 2.05) is 20.8 Å². The predicted octanol–water partition coefficient (Wildman–Crippen LogP) is 4.27. The third-order valence-electron chi connectivity index (χ3n) is 3.24. The van der Waals surface area contributed by atoms with Gasteiger partial charge in [-0.15, -0.1) is 11.3 Å². The lowest BCUT2D eigenvalue weighted by molar-refractivity contribution is 0.479. The van der Waals surface area contributed by atoms with Crippen LogP contribution in [0, 0.1) is 31.3 Å². The fraction of sp³-hybridized carbons (Fsp3) is 0.400. The topological polar surface area (TPSA) is 24.9 Å². The molecule has 6 heteroatoms. The van der Waals surface area contributed by atoms with E-state index >= 15 is 0 Å².